The molecule has 1 aromatic rings. The summed E-state index contributed by atoms with van der Waals surface area (Å²) in [5, 5.41) is 10.6. The van der Waals surface area contributed by atoms with Gasteiger partial charge in [0, 0.05) is 37.7 Å². The number of hydrogen-bond donors (Lipinski definition) is 1. The lowest BCUT2D eigenvalue weighted by atomic mass is 10.1. The molecule has 0 spiro atoms. The van der Waals surface area contributed by atoms with Crippen LogP contribution < -0.4 is 0 Å². The molecule has 1 amide bonds. The highest BCUT2D eigenvalue weighted by Crippen LogP contribution is 2.13. The largest absolute Gasteiger partial charge is 0.392 e. The Labute approximate surface area is 143 Å². The molecule has 5 heteroatoms. The van der Waals surface area contributed by atoms with E-state index in [2.05, 4.69) is 11.5 Å². The first-order valence-electron chi connectivity index (χ1n) is 8.12. The number of carbonyl (C=O) groups excluding carboxylic acids is 1. The summed E-state index contributed by atoms with van der Waals surface area (Å²) in [5.41, 5.74) is 0.949. The van der Waals surface area contributed by atoms with Gasteiger partial charge in [0.25, 0.3) is 0 Å². The molecule has 0 aliphatic carbocycles. The standard InChI is InChI=1S/C18H25ClN2O2/c1-2-3-7-17(22)14-20-8-10-21(11-9-20)18(23)13-15-5-4-6-16(19)12-15/h2,4-6,12,17,22H,1,3,7-11,13-14H2. The number of halogens is 1. The third-order valence-electron chi connectivity index (χ3n) is 4.14. The van der Waals surface area contributed by atoms with E-state index in [4.69, 9.17) is 11.6 Å². The molecule has 1 heterocycles. The molecule has 126 valence electrons. The van der Waals surface area contributed by atoms with Gasteiger partial charge in [-0.1, -0.05) is 29.8 Å². The summed E-state index contributed by atoms with van der Waals surface area (Å²) >= 11 is 5.96. The first-order valence-corrected chi connectivity index (χ1v) is 8.50. The van der Waals surface area contributed by atoms with Gasteiger partial charge in [-0.3, -0.25) is 9.69 Å². The van der Waals surface area contributed by atoms with Crippen LogP contribution in [0.3, 0.4) is 0 Å². The smallest absolute Gasteiger partial charge is 0.227 e. The SMILES string of the molecule is C=CCCC(O)CN1CCN(C(=O)Cc2cccc(Cl)c2)CC1. The maximum absolute atomic E-state index is 12.4. The molecule has 1 N–H and O–H groups in total. The predicted molar refractivity (Wildman–Crippen MR) is 93.6 cm³/mol. The molecule has 1 unspecified atom stereocenters. The Balaban J connectivity index is 1.75. The van der Waals surface area contributed by atoms with Gasteiger partial charge in [-0.25, -0.2) is 0 Å². The first kappa shape index (κ1) is 18.0. The summed E-state index contributed by atoms with van der Waals surface area (Å²) in [5.74, 6) is 0.138. The number of amides is 1. The Hall–Kier alpha value is -1.36. The molecule has 1 atom stereocenters. The van der Waals surface area contributed by atoms with E-state index in [1.165, 1.54) is 0 Å². The minimum atomic E-state index is -0.318. The number of piperazine rings is 1. The van der Waals surface area contributed by atoms with E-state index in [9.17, 15) is 9.90 Å². The third-order valence-corrected chi connectivity index (χ3v) is 4.38. The molecule has 23 heavy (non-hydrogen) atoms. The van der Waals surface area contributed by atoms with Crippen molar-refractivity contribution in [3.8, 4) is 0 Å². The summed E-state index contributed by atoms with van der Waals surface area (Å²) in [6, 6.07) is 7.45. The fourth-order valence-electron chi connectivity index (χ4n) is 2.81. The van der Waals surface area contributed by atoms with Crippen LogP contribution in [-0.2, 0) is 11.2 Å². The lowest BCUT2D eigenvalue weighted by Crippen LogP contribution is -2.50. The van der Waals surface area contributed by atoms with E-state index >= 15 is 0 Å². The maximum atomic E-state index is 12.4. The van der Waals surface area contributed by atoms with Crippen LogP contribution in [0.2, 0.25) is 5.02 Å². The fraction of sp³-hybridized carbons (Fsp3) is 0.500. The Morgan fingerprint density at radius 2 is 2.09 bits per heavy atom. The quantitative estimate of drug-likeness (QED) is 0.777. The second-order valence-electron chi connectivity index (χ2n) is 6.01. The van der Waals surface area contributed by atoms with Gasteiger partial charge in [0.2, 0.25) is 5.91 Å². The molecule has 0 bridgehead atoms. The average molecular weight is 337 g/mol. The molecule has 1 aliphatic rings. The summed E-state index contributed by atoms with van der Waals surface area (Å²) in [4.78, 5) is 16.5. The maximum Gasteiger partial charge on any atom is 0.227 e. The number of aliphatic hydroxyl groups is 1. The number of nitrogens with zero attached hydrogens (tertiary/aromatic N) is 2. The summed E-state index contributed by atoms with van der Waals surface area (Å²) in [6.45, 7) is 7.40. The predicted octanol–water partition coefficient (Wildman–Crippen LogP) is 2.35. The highest BCUT2D eigenvalue weighted by Gasteiger charge is 2.22. The van der Waals surface area contributed by atoms with E-state index in [-0.39, 0.29) is 12.0 Å². The highest BCUT2D eigenvalue weighted by molar-refractivity contribution is 6.30. The van der Waals surface area contributed by atoms with Gasteiger partial charge < -0.3 is 10.0 Å². The number of rotatable bonds is 7. The van der Waals surface area contributed by atoms with Crippen LogP contribution in [-0.4, -0.2) is 59.6 Å². The van der Waals surface area contributed by atoms with Gasteiger partial charge in [0.1, 0.15) is 0 Å². The van der Waals surface area contributed by atoms with E-state index in [1.807, 2.05) is 35.2 Å². The molecule has 1 fully saturated rings. The zero-order valence-electron chi connectivity index (χ0n) is 13.5. The van der Waals surface area contributed by atoms with Crippen LogP contribution in [0, 0.1) is 0 Å². The van der Waals surface area contributed by atoms with Crippen LogP contribution in [0.5, 0.6) is 0 Å². The molecule has 4 nitrogen and oxygen atoms in total. The zero-order valence-corrected chi connectivity index (χ0v) is 14.2. The van der Waals surface area contributed by atoms with Gasteiger partial charge in [0.05, 0.1) is 12.5 Å². The molecule has 0 radical (unpaired) electrons. The van der Waals surface area contributed by atoms with Crippen LogP contribution in [0.25, 0.3) is 0 Å². The Morgan fingerprint density at radius 3 is 2.74 bits per heavy atom. The molecule has 2 rings (SSSR count). The molecule has 0 saturated carbocycles. The zero-order chi connectivity index (χ0) is 16.7. The summed E-state index contributed by atoms with van der Waals surface area (Å²) < 4.78 is 0. The highest BCUT2D eigenvalue weighted by atomic mass is 35.5. The van der Waals surface area contributed by atoms with Crippen molar-refractivity contribution in [3.63, 3.8) is 0 Å². The lowest BCUT2D eigenvalue weighted by Gasteiger charge is -2.35. The van der Waals surface area contributed by atoms with E-state index in [0.29, 0.717) is 31.1 Å². The van der Waals surface area contributed by atoms with Gasteiger partial charge in [0.15, 0.2) is 0 Å². The number of β-amino-alcohol motifs (C(OH)–C–C–N with tert-alkyl or cyclic N) is 1. The van der Waals surface area contributed by atoms with Crippen molar-refractivity contribution in [2.45, 2.75) is 25.4 Å². The Bertz CT molecular complexity index is 528. The number of benzene rings is 1. The Kier molecular flexibility index (Phi) is 7.09. The van der Waals surface area contributed by atoms with Crippen molar-refractivity contribution in [2.24, 2.45) is 0 Å². The molecular formula is C18H25ClN2O2. The van der Waals surface area contributed by atoms with E-state index in [1.54, 1.807) is 0 Å². The third kappa shape index (κ3) is 5.98. The topological polar surface area (TPSA) is 43.8 Å². The van der Waals surface area contributed by atoms with Crippen LogP contribution >= 0.6 is 11.6 Å². The minimum Gasteiger partial charge on any atom is -0.392 e. The summed E-state index contributed by atoms with van der Waals surface area (Å²) in [7, 11) is 0. The second-order valence-corrected chi connectivity index (χ2v) is 6.44. The number of carbonyl (C=O) groups is 1. The number of allylic oxidation sites excluding steroid dienone is 1. The van der Waals surface area contributed by atoms with Gasteiger partial charge in [-0.2, -0.15) is 0 Å². The van der Waals surface area contributed by atoms with Crippen molar-refractivity contribution in [2.75, 3.05) is 32.7 Å². The number of aliphatic hydroxyl groups excluding tert-OH is 1. The fourth-order valence-corrected chi connectivity index (χ4v) is 3.03. The van der Waals surface area contributed by atoms with Crippen molar-refractivity contribution < 1.29 is 9.90 Å². The Morgan fingerprint density at radius 1 is 1.35 bits per heavy atom. The van der Waals surface area contributed by atoms with Gasteiger partial charge in [-0.05, 0) is 30.5 Å². The van der Waals surface area contributed by atoms with Crippen LogP contribution in [0.15, 0.2) is 36.9 Å². The van der Waals surface area contributed by atoms with E-state index in [0.717, 1.165) is 31.5 Å². The monoisotopic (exact) mass is 336 g/mol. The molecule has 1 aliphatic heterocycles. The van der Waals surface area contributed by atoms with Crippen molar-refractivity contribution in [3.05, 3.63) is 47.5 Å². The lowest BCUT2D eigenvalue weighted by molar-refractivity contribution is -0.132. The van der Waals surface area contributed by atoms with Gasteiger partial charge in [-0.15, -0.1) is 6.58 Å². The van der Waals surface area contributed by atoms with E-state index < -0.39 is 0 Å². The molecule has 1 saturated heterocycles. The normalized spacial score (nSPS) is 17.0. The van der Waals surface area contributed by atoms with Crippen LogP contribution in [0.1, 0.15) is 18.4 Å². The van der Waals surface area contributed by atoms with Crippen molar-refractivity contribution in [1.82, 2.24) is 9.80 Å². The second kappa shape index (κ2) is 9.06. The molecule has 0 aromatic heterocycles. The minimum absolute atomic E-state index is 0.138. The van der Waals surface area contributed by atoms with Crippen molar-refractivity contribution in [1.29, 1.82) is 0 Å². The molecule has 1 aromatic carbocycles. The average Bonchev–Trinajstić information content (AvgIpc) is 2.53. The van der Waals surface area contributed by atoms with Gasteiger partial charge >= 0.3 is 0 Å². The molecular weight excluding hydrogens is 312 g/mol. The number of hydrogen-bond acceptors (Lipinski definition) is 3. The first-order chi connectivity index (χ1) is 11.1. The summed E-state index contributed by atoms with van der Waals surface area (Å²) in [6.07, 6.45) is 3.48. The van der Waals surface area contributed by atoms with Crippen LogP contribution in [0.4, 0.5) is 0 Å². The van der Waals surface area contributed by atoms with Crippen molar-refractivity contribution >= 4 is 17.5 Å².